The molecule has 2 heterocycles. The van der Waals surface area contributed by atoms with Crippen molar-refractivity contribution >= 4 is 15.9 Å². The predicted octanol–water partition coefficient (Wildman–Crippen LogP) is 4.20. The van der Waals surface area contributed by atoms with Crippen LogP contribution in [0.15, 0.2) is 53.4 Å². The fourth-order valence-electron chi connectivity index (χ4n) is 5.27. The number of rotatable bonds is 7. The zero-order valence-electron chi connectivity index (χ0n) is 20.5. The smallest absolute Gasteiger partial charge is 0.253 e. The van der Waals surface area contributed by atoms with Crippen LogP contribution >= 0.6 is 0 Å². The third-order valence-corrected chi connectivity index (χ3v) is 8.92. The van der Waals surface area contributed by atoms with E-state index in [0.29, 0.717) is 44.5 Å². The summed E-state index contributed by atoms with van der Waals surface area (Å²) >= 11 is 0. The van der Waals surface area contributed by atoms with Gasteiger partial charge in [0, 0.05) is 44.1 Å². The number of carbonyl (C=O) groups is 1. The third kappa shape index (κ3) is 5.64. The fourth-order valence-corrected chi connectivity index (χ4v) is 6.57. The predicted molar refractivity (Wildman–Crippen MR) is 133 cm³/mol. The Morgan fingerprint density at radius 1 is 1.11 bits per heavy atom. The van der Waals surface area contributed by atoms with Crippen molar-refractivity contribution in [3.8, 4) is 0 Å². The number of likely N-dealkylation sites (tertiary alicyclic amines) is 1. The molecular weight excluding hydrogens is 483 g/mol. The van der Waals surface area contributed by atoms with Gasteiger partial charge >= 0.3 is 0 Å². The molecule has 1 aliphatic carbocycles. The number of benzene rings is 2. The highest BCUT2D eigenvalue weighted by atomic mass is 32.2. The minimum absolute atomic E-state index is 0.0314. The molecule has 3 fully saturated rings. The lowest BCUT2D eigenvalue weighted by atomic mass is 9.80. The van der Waals surface area contributed by atoms with E-state index in [1.165, 1.54) is 24.3 Å². The number of hydrogen-bond donors (Lipinski definition) is 1. The molecule has 1 amide bonds. The molecule has 7 nitrogen and oxygen atoms in total. The van der Waals surface area contributed by atoms with Crippen molar-refractivity contribution in [2.45, 2.75) is 74.2 Å². The van der Waals surface area contributed by atoms with Crippen molar-refractivity contribution < 1.29 is 27.1 Å². The van der Waals surface area contributed by atoms with Gasteiger partial charge in [0.2, 0.25) is 10.0 Å². The molecule has 194 valence electrons. The van der Waals surface area contributed by atoms with E-state index in [0.717, 1.165) is 24.8 Å². The Bertz CT molecular complexity index is 1170. The maximum absolute atomic E-state index is 13.5. The van der Waals surface area contributed by atoms with E-state index in [-0.39, 0.29) is 34.9 Å². The van der Waals surface area contributed by atoms with Crippen LogP contribution in [-0.4, -0.2) is 56.7 Å². The summed E-state index contributed by atoms with van der Waals surface area (Å²) in [6.45, 7) is 3.67. The lowest BCUT2D eigenvalue weighted by Crippen LogP contribution is -2.52. The first-order valence-electron chi connectivity index (χ1n) is 12.7. The lowest BCUT2D eigenvalue weighted by molar-refractivity contribution is -0.190. The van der Waals surface area contributed by atoms with Crippen LogP contribution in [0.4, 0.5) is 4.39 Å². The van der Waals surface area contributed by atoms with Crippen molar-refractivity contribution in [3.63, 3.8) is 0 Å². The average Bonchev–Trinajstić information content (AvgIpc) is 3.68. The van der Waals surface area contributed by atoms with E-state index in [2.05, 4.69) is 4.72 Å². The summed E-state index contributed by atoms with van der Waals surface area (Å²) in [4.78, 5) is 15.1. The van der Waals surface area contributed by atoms with Gasteiger partial charge in [-0.25, -0.2) is 17.5 Å². The van der Waals surface area contributed by atoms with Gasteiger partial charge in [0.25, 0.3) is 5.91 Å². The van der Waals surface area contributed by atoms with Gasteiger partial charge in [0.15, 0.2) is 0 Å². The van der Waals surface area contributed by atoms with Crippen LogP contribution in [0.2, 0.25) is 0 Å². The number of nitrogens with zero attached hydrogens (tertiary/aromatic N) is 1. The average molecular weight is 517 g/mol. The largest absolute Gasteiger partial charge is 0.378 e. The Morgan fingerprint density at radius 3 is 2.39 bits per heavy atom. The molecule has 0 aromatic heterocycles. The molecule has 3 aliphatic rings. The Labute approximate surface area is 212 Å². The molecule has 1 saturated carbocycles. The van der Waals surface area contributed by atoms with Gasteiger partial charge in [-0.05, 0) is 74.6 Å². The molecule has 1 spiro atoms. The van der Waals surface area contributed by atoms with Gasteiger partial charge in [0.1, 0.15) is 5.82 Å². The van der Waals surface area contributed by atoms with Gasteiger partial charge in [0.05, 0.1) is 22.7 Å². The first-order chi connectivity index (χ1) is 17.3. The summed E-state index contributed by atoms with van der Waals surface area (Å²) in [6.07, 6.45) is 4.43. The van der Waals surface area contributed by atoms with Crippen molar-refractivity contribution in [2.75, 3.05) is 19.7 Å². The number of carbonyl (C=O) groups excluding carboxylic acids is 1. The maximum Gasteiger partial charge on any atom is 0.253 e. The number of halogens is 1. The molecule has 0 unspecified atom stereocenters. The van der Waals surface area contributed by atoms with Crippen molar-refractivity contribution in [3.05, 3.63) is 65.5 Å². The number of sulfonamides is 1. The lowest BCUT2D eigenvalue weighted by Gasteiger charge is -2.48. The quantitative estimate of drug-likeness (QED) is 0.596. The van der Waals surface area contributed by atoms with E-state index < -0.39 is 15.6 Å². The fraction of sp³-hybridized carbons (Fsp3) is 0.519. The summed E-state index contributed by atoms with van der Waals surface area (Å²) < 4.78 is 53.6. The van der Waals surface area contributed by atoms with Crippen molar-refractivity contribution in [1.29, 1.82) is 0 Å². The number of amides is 1. The molecule has 2 aromatic carbocycles. The summed E-state index contributed by atoms with van der Waals surface area (Å²) in [5, 5.41) is 0. The molecule has 2 aromatic rings. The van der Waals surface area contributed by atoms with E-state index >= 15 is 0 Å². The molecule has 0 bridgehead atoms. The highest BCUT2D eigenvalue weighted by Crippen LogP contribution is 2.44. The zero-order valence-corrected chi connectivity index (χ0v) is 21.3. The van der Waals surface area contributed by atoms with E-state index in [9.17, 15) is 17.6 Å². The van der Waals surface area contributed by atoms with Crippen LogP contribution in [0.3, 0.4) is 0 Å². The Morgan fingerprint density at radius 2 is 1.78 bits per heavy atom. The van der Waals surface area contributed by atoms with Crippen LogP contribution in [0.1, 0.15) is 67.5 Å². The van der Waals surface area contributed by atoms with Crippen LogP contribution in [0.25, 0.3) is 0 Å². The second-order valence-electron chi connectivity index (χ2n) is 10.1. The van der Waals surface area contributed by atoms with Crippen LogP contribution in [-0.2, 0) is 19.5 Å². The molecule has 5 rings (SSSR count). The van der Waals surface area contributed by atoms with Crippen LogP contribution in [0.5, 0.6) is 0 Å². The minimum Gasteiger partial charge on any atom is -0.378 e. The summed E-state index contributed by atoms with van der Waals surface area (Å²) in [5.41, 5.74) is 1.00. The maximum atomic E-state index is 13.5. The van der Waals surface area contributed by atoms with E-state index in [4.69, 9.17) is 9.47 Å². The minimum atomic E-state index is -3.55. The number of hydrogen-bond acceptors (Lipinski definition) is 5. The number of nitrogens with one attached hydrogen (secondary N) is 1. The van der Waals surface area contributed by atoms with E-state index in [1.807, 2.05) is 6.92 Å². The first kappa shape index (κ1) is 25.3. The Balaban J connectivity index is 1.24. The van der Waals surface area contributed by atoms with Gasteiger partial charge in [-0.1, -0.05) is 12.1 Å². The standard InChI is InChI=1S/C27H33FN2O5S/c1-2-34-23-17-25(19-3-7-21(28)8-4-19)35-27(18-23)13-15-30(16-14-27)26(31)20-5-11-24(12-6-20)36(32,33)29-22-9-10-22/h3-8,11-12,22-23,25,29H,2,9-10,13-18H2,1H3/t23-,25-/m0/s1. The highest BCUT2D eigenvalue weighted by molar-refractivity contribution is 7.89. The molecule has 36 heavy (non-hydrogen) atoms. The molecule has 9 heteroatoms. The summed E-state index contributed by atoms with van der Waals surface area (Å²) in [6, 6.07) is 12.6. The number of piperidine rings is 1. The van der Waals surface area contributed by atoms with E-state index in [1.54, 1.807) is 29.2 Å². The van der Waals surface area contributed by atoms with Gasteiger partial charge < -0.3 is 14.4 Å². The zero-order chi connectivity index (χ0) is 25.3. The van der Waals surface area contributed by atoms with Gasteiger partial charge in [-0.3, -0.25) is 4.79 Å². The first-order valence-corrected chi connectivity index (χ1v) is 14.2. The van der Waals surface area contributed by atoms with Crippen molar-refractivity contribution in [1.82, 2.24) is 9.62 Å². The highest BCUT2D eigenvalue weighted by Gasteiger charge is 2.45. The van der Waals surface area contributed by atoms with Crippen molar-refractivity contribution in [2.24, 2.45) is 0 Å². The normalized spacial score (nSPS) is 24.1. The Kier molecular flexibility index (Phi) is 7.18. The molecule has 2 saturated heterocycles. The summed E-state index contributed by atoms with van der Waals surface area (Å²) in [7, 11) is -3.55. The topological polar surface area (TPSA) is 84.9 Å². The number of ether oxygens (including phenoxy) is 2. The second-order valence-corrected chi connectivity index (χ2v) is 11.8. The molecule has 0 radical (unpaired) electrons. The monoisotopic (exact) mass is 516 g/mol. The molecule has 2 atom stereocenters. The van der Waals surface area contributed by atoms with Crippen LogP contribution in [0, 0.1) is 5.82 Å². The molecular formula is C27H33FN2O5S. The molecule has 2 aliphatic heterocycles. The van der Waals surface area contributed by atoms with Crippen LogP contribution < -0.4 is 4.72 Å². The summed E-state index contributed by atoms with van der Waals surface area (Å²) in [5.74, 6) is -0.390. The second kappa shape index (κ2) is 10.2. The third-order valence-electron chi connectivity index (χ3n) is 7.39. The van der Waals surface area contributed by atoms with Gasteiger partial charge in [-0.15, -0.1) is 0 Å². The van der Waals surface area contributed by atoms with Gasteiger partial charge in [-0.2, -0.15) is 0 Å². The molecule has 1 N–H and O–H groups in total. The SMILES string of the molecule is CCO[C@H]1C[C@@H](c2ccc(F)cc2)OC2(CCN(C(=O)c3ccc(S(=O)(=O)NC4CC4)cc3)CC2)C1. The Hall–Kier alpha value is -2.33.